The van der Waals surface area contributed by atoms with Crippen LogP contribution in [0.1, 0.15) is 32.2 Å². The second-order valence-electron chi connectivity index (χ2n) is 6.21. The highest BCUT2D eigenvalue weighted by Gasteiger charge is 2.14. The lowest BCUT2D eigenvalue weighted by Crippen LogP contribution is -2.39. The Labute approximate surface area is 167 Å². The average molecular weight is 399 g/mol. The molecular weight excluding hydrogens is 374 g/mol. The molecule has 0 bridgehead atoms. The van der Waals surface area contributed by atoms with Crippen molar-refractivity contribution in [1.82, 2.24) is 24.1 Å². The molecular formula is C20H25N5O4. The summed E-state index contributed by atoms with van der Waals surface area (Å²) >= 11 is 0. The zero-order chi connectivity index (χ0) is 20.8. The van der Waals surface area contributed by atoms with Gasteiger partial charge in [-0.2, -0.15) is 0 Å². The van der Waals surface area contributed by atoms with Crippen LogP contribution >= 0.6 is 0 Å². The number of hydrogen-bond acceptors (Lipinski definition) is 6. The Balaban J connectivity index is 1.81. The molecule has 0 aromatic carbocycles. The van der Waals surface area contributed by atoms with Crippen LogP contribution in [0, 0.1) is 0 Å². The molecule has 9 nitrogen and oxygen atoms in total. The summed E-state index contributed by atoms with van der Waals surface area (Å²) < 4.78 is 13.4. The van der Waals surface area contributed by atoms with Crippen LogP contribution < -0.4 is 16.0 Å². The van der Waals surface area contributed by atoms with Crippen LogP contribution in [0.2, 0.25) is 0 Å². The number of hydrogen-bond donors (Lipinski definition) is 1. The number of imidazole rings is 1. The minimum absolute atomic E-state index is 0.308. The molecule has 29 heavy (non-hydrogen) atoms. The lowest BCUT2D eigenvalue weighted by molar-refractivity contribution is 0.108. The third-order valence-corrected chi connectivity index (χ3v) is 4.39. The Morgan fingerprint density at radius 1 is 1.07 bits per heavy atom. The summed E-state index contributed by atoms with van der Waals surface area (Å²) in [6, 6.07) is 3.65. The number of H-pyrrole nitrogens is 1. The van der Waals surface area contributed by atoms with E-state index in [0.717, 1.165) is 5.56 Å². The maximum absolute atomic E-state index is 12.5. The lowest BCUT2D eigenvalue weighted by atomic mass is 10.2. The smallest absolute Gasteiger partial charge is 0.332 e. The van der Waals surface area contributed by atoms with Crippen molar-refractivity contribution in [3.05, 3.63) is 50.6 Å². The van der Waals surface area contributed by atoms with E-state index in [9.17, 15) is 9.59 Å². The molecule has 0 saturated carbocycles. The number of pyridine rings is 1. The Kier molecular flexibility index (Phi) is 6.61. The van der Waals surface area contributed by atoms with Gasteiger partial charge in [-0.25, -0.2) is 14.8 Å². The van der Waals surface area contributed by atoms with E-state index < -0.39 is 0 Å². The minimum atomic E-state index is -0.362. The fraction of sp³-hybridized carbons (Fsp3) is 0.400. The topological polar surface area (TPSA) is 104 Å². The van der Waals surface area contributed by atoms with Crippen molar-refractivity contribution in [2.45, 2.75) is 33.9 Å². The first-order valence-corrected chi connectivity index (χ1v) is 9.67. The van der Waals surface area contributed by atoms with Gasteiger partial charge in [0.1, 0.15) is 17.9 Å². The molecule has 3 heterocycles. The van der Waals surface area contributed by atoms with Crippen LogP contribution in [0.25, 0.3) is 23.3 Å². The standard InChI is InChI=1S/C20H25N5O4/c1-4-24-18-17(19(26)25(5-2)20(24)27)22-15(23-18)9-7-14-8-10-16(21-13-14)29-12-11-28-6-3/h7-10,13H,4-6,11-12H2,1-3H3,(H,22,23). The highest BCUT2D eigenvalue weighted by molar-refractivity contribution is 5.75. The second-order valence-corrected chi connectivity index (χ2v) is 6.21. The van der Waals surface area contributed by atoms with Crippen molar-refractivity contribution in [2.24, 2.45) is 0 Å². The van der Waals surface area contributed by atoms with Gasteiger partial charge >= 0.3 is 5.69 Å². The number of aromatic nitrogens is 5. The fourth-order valence-electron chi connectivity index (χ4n) is 2.93. The number of aryl methyl sites for hydroxylation is 1. The molecule has 0 fully saturated rings. The first kappa shape index (κ1) is 20.5. The summed E-state index contributed by atoms with van der Waals surface area (Å²) in [4.78, 5) is 36.6. The van der Waals surface area contributed by atoms with Crippen molar-refractivity contribution in [3.8, 4) is 5.88 Å². The van der Waals surface area contributed by atoms with Crippen LogP contribution in [-0.2, 0) is 17.8 Å². The molecule has 3 aromatic rings. The van der Waals surface area contributed by atoms with Gasteiger partial charge in [-0.1, -0.05) is 0 Å². The van der Waals surface area contributed by atoms with Crippen molar-refractivity contribution < 1.29 is 9.47 Å². The Morgan fingerprint density at radius 2 is 1.86 bits per heavy atom. The molecule has 3 rings (SSSR count). The summed E-state index contributed by atoms with van der Waals surface area (Å²) in [7, 11) is 0. The largest absolute Gasteiger partial charge is 0.475 e. The highest BCUT2D eigenvalue weighted by atomic mass is 16.5. The predicted molar refractivity (Wildman–Crippen MR) is 111 cm³/mol. The first-order chi connectivity index (χ1) is 14.1. The Bertz CT molecular complexity index is 1110. The average Bonchev–Trinajstić information content (AvgIpc) is 3.15. The molecule has 0 spiro atoms. The van der Waals surface area contributed by atoms with Gasteiger partial charge in [-0.05, 0) is 44.6 Å². The van der Waals surface area contributed by atoms with E-state index in [1.165, 1.54) is 9.13 Å². The minimum Gasteiger partial charge on any atom is -0.475 e. The molecule has 154 valence electrons. The van der Waals surface area contributed by atoms with Gasteiger partial charge in [0.25, 0.3) is 5.56 Å². The van der Waals surface area contributed by atoms with Crippen molar-refractivity contribution >= 4 is 23.3 Å². The van der Waals surface area contributed by atoms with Crippen LogP contribution in [0.15, 0.2) is 27.9 Å². The number of fused-ring (bicyclic) bond motifs is 1. The zero-order valence-electron chi connectivity index (χ0n) is 16.8. The van der Waals surface area contributed by atoms with E-state index in [2.05, 4.69) is 15.0 Å². The van der Waals surface area contributed by atoms with Crippen LogP contribution in [0.4, 0.5) is 0 Å². The van der Waals surface area contributed by atoms with Crippen molar-refractivity contribution in [3.63, 3.8) is 0 Å². The molecule has 0 aliphatic heterocycles. The van der Waals surface area contributed by atoms with Crippen LogP contribution in [0.3, 0.4) is 0 Å². The van der Waals surface area contributed by atoms with Gasteiger partial charge in [-0.15, -0.1) is 0 Å². The molecule has 1 N–H and O–H groups in total. The number of ether oxygens (including phenoxy) is 2. The maximum Gasteiger partial charge on any atom is 0.332 e. The monoisotopic (exact) mass is 399 g/mol. The van der Waals surface area contributed by atoms with Gasteiger partial charge in [0.15, 0.2) is 5.65 Å². The van der Waals surface area contributed by atoms with Gasteiger partial charge < -0.3 is 14.5 Å². The van der Waals surface area contributed by atoms with Gasteiger partial charge in [-0.3, -0.25) is 13.9 Å². The summed E-state index contributed by atoms with van der Waals surface area (Å²) in [6.07, 6.45) is 5.25. The molecule has 0 radical (unpaired) electrons. The lowest BCUT2D eigenvalue weighted by Gasteiger charge is -2.06. The normalized spacial score (nSPS) is 11.6. The summed E-state index contributed by atoms with van der Waals surface area (Å²) in [5.74, 6) is 1.02. The molecule has 0 aliphatic rings. The number of rotatable bonds is 9. The van der Waals surface area contributed by atoms with Crippen LogP contribution in [-0.4, -0.2) is 43.9 Å². The second kappa shape index (κ2) is 9.33. The summed E-state index contributed by atoms with van der Waals surface area (Å²) in [5, 5.41) is 0. The molecule has 0 atom stereocenters. The molecule has 9 heteroatoms. The molecule has 0 saturated heterocycles. The zero-order valence-corrected chi connectivity index (χ0v) is 16.8. The first-order valence-electron chi connectivity index (χ1n) is 9.67. The quantitative estimate of drug-likeness (QED) is 0.551. The van der Waals surface area contributed by atoms with Crippen LogP contribution in [0.5, 0.6) is 5.88 Å². The third kappa shape index (κ3) is 4.45. The molecule has 3 aromatic heterocycles. The van der Waals surface area contributed by atoms with Gasteiger partial charge in [0.05, 0.1) is 6.61 Å². The number of aromatic amines is 1. The summed E-state index contributed by atoms with van der Waals surface area (Å²) in [5.41, 5.74) is 0.826. The van der Waals surface area contributed by atoms with E-state index in [-0.39, 0.29) is 11.2 Å². The molecule has 0 amide bonds. The van der Waals surface area contributed by atoms with E-state index in [1.807, 2.05) is 26.0 Å². The maximum atomic E-state index is 12.5. The van der Waals surface area contributed by atoms with E-state index in [0.29, 0.717) is 55.8 Å². The van der Waals surface area contributed by atoms with E-state index in [1.54, 1.807) is 25.3 Å². The summed E-state index contributed by atoms with van der Waals surface area (Å²) in [6.45, 7) is 7.91. The fourth-order valence-corrected chi connectivity index (χ4v) is 2.93. The SMILES string of the molecule is CCOCCOc1ccc(C=Cc2nc3c([nH]2)c(=O)n(CC)c(=O)n3CC)cn1. The Morgan fingerprint density at radius 3 is 2.52 bits per heavy atom. The highest BCUT2D eigenvalue weighted by Crippen LogP contribution is 2.12. The van der Waals surface area contributed by atoms with Gasteiger partial charge in [0, 0.05) is 32.0 Å². The molecule has 0 aliphatic carbocycles. The van der Waals surface area contributed by atoms with Gasteiger partial charge in [0.2, 0.25) is 5.88 Å². The number of nitrogens with one attached hydrogen (secondary N) is 1. The third-order valence-electron chi connectivity index (χ3n) is 4.39. The predicted octanol–water partition coefficient (Wildman–Crippen LogP) is 1.91. The molecule has 0 unspecified atom stereocenters. The Hall–Kier alpha value is -3.20. The van der Waals surface area contributed by atoms with Crippen molar-refractivity contribution in [1.29, 1.82) is 0 Å². The van der Waals surface area contributed by atoms with E-state index in [4.69, 9.17) is 9.47 Å². The van der Waals surface area contributed by atoms with E-state index >= 15 is 0 Å². The number of nitrogens with zero attached hydrogens (tertiary/aromatic N) is 4. The van der Waals surface area contributed by atoms with Crippen molar-refractivity contribution in [2.75, 3.05) is 19.8 Å².